The second-order valence-corrected chi connectivity index (χ2v) is 5.59. The number of anilines is 2. The summed E-state index contributed by atoms with van der Waals surface area (Å²) in [6, 6.07) is 12.6. The quantitative estimate of drug-likeness (QED) is 0.832. The van der Waals surface area contributed by atoms with E-state index in [1.807, 2.05) is 13.0 Å². The monoisotopic (exact) mass is 343 g/mol. The van der Waals surface area contributed by atoms with E-state index < -0.39 is 0 Å². The summed E-state index contributed by atoms with van der Waals surface area (Å²) in [7, 11) is 1.57. The summed E-state index contributed by atoms with van der Waals surface area (Å²) < 4.78 is 5.28. The maximum absolute atomic E-state index is 12.0. The molecule has 0 aliphatic heterocycles. The zero-order valence-electron chi connectivity index (χ0n) is 13.5. The van der Waals surface area contributed by atoms with Crippen molar-refractivity contribution in [2.75, 3.05) is 24.3 Å². The number of para-hydroxylation sites is 1. The number of halogens is 1. The molecule has 0 aliphatic rings. The fraction of sp³-hybridized carbons (Fsp3) is 0.222. The summed E-state index contributed by atoms with van der Waals surface area (Å²) in [5.41, 5.74) is 2.66. The Morgan fingerprint density at radius 2 is 2.04 bits per heavy atom. The van der Waals surface area contributed by atoms with E-state index in [9.17, 15) is 4.79 Å². The van der Waals surface area contributed by atoms with Gasteiger partial charge in [-0.2, -0.15) is 5.26 Å². The van der Waals surface area contributed by atoms with E-state index in [0.717, 1.165) is 11.3 Å². The number of carbonyl (C=O) groups excluding carboxylic acids is 1. The van der Waals surface area contributed by atoms with Gasteiger partial charge >= 0.3 is 0 Å². The smallest absolute Gasteiger partial charge is 0.226 e. The Morgan fingerprint density at radius 1 is 1.29 bits per heavy atom. The van der Waals surface area contributed by atoms with Crippen molar-refractivity contribution in [1.82, 2.24) is 0 Å². The second kappa shape index (κ2) is 8.23. The third kappa shape index (κ3) is 4.40. The van der Waals surface area contributed by atoms with Crippen LogP contribution in [0.15, 0.2) is 36.4 Å². The highest BCUT2D eigenvalue weighted by Gasteiger charge is 2.09. The molecule has 24 heavy (non-hydrogen) atoms. The fourth-order valence-electron chi connectivity index (χ4n) is 2.18. The average molecular weight is 344 g/mol. The number of methoxy groups -OCH3 is 1. The number of nitriles is 1. The molecule has 2 aromatic rings. The molecule has 0 bridgehead atoms. The van der Waals surface area contributed by atoms with Gasteiger partial charge in [0.15, 0.2) is 0 Å². The van der Waals surface area contributed by atoms with Crippen molar-refractivity contribution in [3.63, 3.8) is 0 Å². The molecule has 0 saturated heterocycles. The fourth-order valence-corrected chi connectivity index (χ4v) is 2.34. The van der Waals surface area contributed by atoms with Gasteiger partial charge in [-0.3, -0.25) is 4.79 Å². The number of hydrogen-bond donors (Lipinski definition) is 2. The highest BCUT2D eigenvalue weighted by Crippen LogP contribution is 2.30. The maximum Gasteiger partial charge on any atom is 0.226 e. The van der Waals surface area contributed by atoms with E-state index in [2.05, 4.69) is 16.7 Å². The van der Waals surface area contributed by atoms with Crippen LogP contribution in [0.4, 0.5) is 11.4 Å². The Bertz CT molecular complexity index is 784. The second-order valence-electron chi connectivity index (χ2n) is 5.18. The van der Waals surface area contributed by atoms with Gasteiger partial charge in [0.2, 0.25) is 5.91 Å². The van der Waals surface area contributed by atoms with Gasteiger partial charge in [0.25, 0.3) is 0 Å². The van der Waals surface area contributed by atoms with E-state index in [4.69, 9.17) is 21.6 Å². The summed E-state index contributed by atoms with van der Waals surface area (Å²) in [6.07, 6.45) is 0.255. The predicted octanol–water partition coefficient (Wildman–Crippen LogP) is 3.97. The Kier molecular flexibility index (Phi) is 6.05. The number of amides is 1. The first-order chi connectivity index (χ1) is 11.5. The van der Waals surface area contributed by atoms with Gasteiger partial charge in [-0.05, 0) is 30.7 Å². The minimum atomic E-state index is -0.171. The third-order valence-corrected chi connectivity index (χ3v) is 3.88. The van der Waals surface area contributed by atoms with Crippen molar-refractivity contribution in [3.05, 3.63) is 52.5 Å². The van der Waals surface area contributed by atoms with Crippen LogP contribution >= 0.6 is 11.6 Å². The molecule has 0 fully saturated rings. The van der Waals surface area contributed by atoms with Crippen LogP contribution < -0.4 is 15.4 Å². The number of ether oxygens (including phenoxy) is 1. The molecular formula is C18H18ClN3O2. The number of aryl methyl sites for hydroxylation is 1. The number of nitrogens with one attached hydrogen (secondary N) is 2. The largest absolute Gasteiger partial charge is 0.495 e. The predicted molar refractivity (Wildman–Crippen MR) is 95.6 cm³/mol. The lowest BCUT2D eigenvalue weighted by molar-refractivity contribution is -0.115. The summed E-state index contributed by atoms with van der Waals surface area (Å²) >= 11 is 6.07. The van der Waals surface area contributed by atoms with E-state index in [-0.39, 0.29) is 12.3 Å². The standard InChI is InChI=1S/C18H18ClN3O2/c1-12-9-16(17(24-2)10-14(12)19)21-8-7-18(23)22-15-6-4-3-5-13(15)11-20/h3-6,9-10,21H,7-8H2,1-2H3,(H,22,23). The molecule has 0 heterocycles. The summed E-state index contributed by atoms with van der Waals surface area (Å²) in [6.45, 7) is 2.33. The van der Waals surface area contributed by atoms with Gasteiger partial charge in [0, 0.05) is 24.1 Å². The molecule has 0 saturated carbocycles. The first-order valence-electron chi connectivity index (χ1n) is 7.42. The number of carbonyl (C=O) groups is 1. The molecule has 6 heteroatoms. The summed E-state index contributed by atoms with van der Waals surface area (Å²) in [4.78, 5) is 12.0. The first-order valence-corrected chi connectivity index (χ1v) is 7.80. The highest BCUT2D eigenvalue weighted by atomic mass is 35.5. The van der Waals surface area contributed by atoms with Gasteiger partial charge in [0.05, 0.1) is 24.0 Å². The van der Waals surface area contributed by atoms with Gasteiger partial charge in [-0.25, -0.2) is 0 Å². The van der Waals surface area contributed by atoms with Gasteiger partial charge < -0.3 is 15.4 Å². The Morgan fingerprint density at radius 3 is 2.75 bits per heavy atom. The number of rotatable bonds is 6. The van der Waals surface area contributed by atoms with Crippen LogP contribution in [-0.2, 0) is 4.79 Å². The van der Waals surface area contributed by atoms with E-state index in [0.29, 0.717) is 28.6 Å². The van der Waals surface area contributed by atoms with Crippen LogP contribution in [0.2, 0.25) is 5.02 Å². The van der Waals surface area contributed by atoms with Crippen LogP contribution in [0.25, 0.3) is 0 Å². The van der Waals surface area contributed by atoms with Crippen LogP contribution in [0.1, 0.15) is 17.5 Å². The lowest BCUT2D eigenvalue weighted by atomic mass is 10.2. The van der Waals surface area contributed by atoms with Crippen molar-refractivity contribution in [1.29, 1.82) is 5.26 Å². The van der Waals surface area contributed by atoms with Crippen molar-refractivity contribution in [3.8, 4) is 11.8 Å². The van der Waals surface area contributed by atoms with Gasteiger partial charge in [-0.1, -0.05) is 23.7 Å². The third-order valence-electron chi connectivity index (χ3n) is 3.47. The Balaban J connectivity index is 1.94. The maximum atomic E-state index is 12.0. The summed E-state index contributed by atoms with van der Waals surface area (Å²) in [5.74, 6) is 0.454. The minimum absolute atomic E-state index is 0.171. The normalized spacial score (nSPS) is 9.92. The molecule has 2 rings (SSSR count). The molecule has 2 aromatic carbocycles. The van der Waals surface area contributed by atoms with E-state index in [1.54, 1.807) is 37.4 Å². The topological polar surface area (TPSA) is 74.2 Å². The molecule has 2 N–H and O–H groups in total. The van der Waals surface area contributed by atoms with Crippen molar-refractivity contribution < 1.29 is 9.53 Å². The Labute approximate surface area is 146 Å². The van der Waals surface area contributed by atoms with E-state index in [1.165, 1.54) is 0 Å². The molecule has 0 unspecified atom stereocenters. The highest BCUT2D eigenvalue weighted by molar-refractivity contribution is 6.31. The van der Waals surface area contributed by atoms with Crippen LogP contribution in [0, 0.1) is 18.3 Å². The van der Waals surface area contributed by atoms with Gasteiger partial charge in [-0.15, -0.1) is 0 Å². The number of nitrogens with zero attached hydrogens (tertiary/aromatic N) is 1. The zero-order valence-corrected chi connectivity index (χ0v) is 14.3. The van der Waals surface area contributed by atoms with Crippen LogP contribution in [-0.4, -0.2) is 19.6 Å². The van der Waals surface area contributed by atoms with Crippen molar-refractivity contribution >= 4 is 28.9 Å². The number of benzene rings is 2. The van der Waals surface area contributed by atoms with Crippen LogP contribution in [0.5, 0.6) is 5.75 Å². The molecule has 0 aromatic heterocycles. The van der Waals surface area contributed by atoms with Crippen molar-refractivity contribution in [2.45, 2.75) is 13.3 Å². The lowest BCUT2D eigenvalue weighted by Gasteiger charge is -2.13. The lowest BCUT2D eigenvalue weighted by Crippen LogP contribution is -2.17. The molecule has 124 valence electrons. The molecular weight excluding hydrogens is 326 g/mol. The minimum Gasteiger partial charge on any atom is -0.495 e. The zero-order chi connectivity index (χ0) is 17.5. The average Bonchev–Trinajstić information content (AvgIpc) is 2.58. The molecule has 5 nitrogen and oxygen atoms in total. The van der Waals surface area contributed by atoms with Crippen molar-refractivity contribution in [2.24, 2.45) is 0 Å². The Hall–Kier alpha value is -2.71. The molecule has 1 amide bonds. The molecule has 0 aliphatic carbocycles. The van der Waals surface area contributed by atoms with Gasteiger partial charge in [0.1, 0.15) is 11.8 Å². The SMILES string of the molecule is COc1cc(Cl)c(C)cc1NCCC(=O)Nc1ccccc1C#N. The molecule has 0 spiro atoms. The molecule has 0 atom stereocenters. The molecule has 0 radical (unpaired) electrons. The van der Waals surface area contributed by atoms with E-state index >= 15 is 0 Å². The number of hydrogen-bond acceptors (Lipinski definition) is 4. The van der Waals surface area contributed by atoms with Crippen LogP contribution in [0.3, 0.4) is 0 Å². The summed E-state index contributed by atoms with van der Waals surface area (Å²) in [5, 5.41) is 15.6. The first kappa shape index (κ1) is 17.6.